The van der Waals surface area contributed by atoms with Crippen molar-refractivity contribution in [2.75, 3.05) is 13.1 Å². The molecule has 1 saturated heterocycles. The van der Waals surface area contributed by atoms with Gasteiger partial charge in [-0.1, -0.05) is 26.2 Å². The normalized spacial score (nSPS) is 30.0. The van der Waals surface area contributed by atoms with E-state index in [1.165, 1.54) is 12.8 Å². The summed E-state index contributed by atoms with van der Waals surface area (Å²) in [6.45, 7) is 5.25. The van der Waals surface area contributed by atoms with E-state index >= 15 is 0 Å². The van der Waals surface area contributed by atoms with Crippen LogP contribution in [0.25, 0.3) is 0 Å². The third-order valence-corrected chi connectivity index (χ3v) is 3.82. The highest BCUT2D eigenvalue weighted by molar-refractivity contribution is 5.74. The molecule has 0 aromatic carbocycles. The molecule has 6 heteroatoms. The molecule has 1 aliphatic heterocycles. The average molecular weight is 286 g/mol. The van der Waals surface area contributed by atoms with Gasteiger partial charge < -0.3 is 26.8 Å². The lowest BCUT2D eigenvalue weighted by Crippen LogP contribution is -2.59. The molecule has 0 aliphatic carbocycles. The molecule has 1 fully saturated rings. The molecule has 1 heterocycles. The largest absolute Gasteiger partial charge is 0.370 e. The lowest BCUT2D eigenvalue weighted by atomic mass is 9.95. The minimum Gasteiger partial charge on any atom is -0.370 e. The number of unbranched alkanes of at least 4 members (excludes halogenated alkanes) is 3. The highest BCUT2D eigenvalue weighted by Crippen LogP contribution is 2.18. The molecule has 0 aromatic rings. The first kappa shape index (κ1) is 17.2. The maximum absolute atomic E-state index is 11.8. The molecule has 6 N–H and O–H groups in total. The number of ether oxygens (including phenoxy) is 1. The van der Waals surface area contributed by atoms with Crippen molar-refractivity contribution < 1.29 is 9.53 Å². The van der Waals surface area contributed by atoms with E-state index in [4.69, 9.17) is 16.2 Å². The van der Waals surface area contributed by atoms with E-state index < -0.39 is 0 Å². The summed E-state index contributed by atoms with van der Waals surface area (Å²) in [5.74, 6) is 0. The molecule has 2 unspecified atom stereocenters. The summed E-state index contributed by atoms with van der Waals surface area (Å²) in [6, 6.07) is -0.310. The molecule has 0 saturated carbocycles. The molecule has 20 heavy (non-hydrogen) atoms. The van der Waals surface area contributed by atoms with E-state index in [1.807, 2.05) is 6.92 Å². The summed E-state index contributed by atoms with van der Waals surface area (Å²) in [7, 11) is 0. The van der Waals surface area contributed by atoms with Crippen LogP contribution >= 0.6 is 0 Å². The maximum atomic E-state index is 11.8. The molecule has 1 rings (SSSR count). The maximum Gasteiger partial charge on any atom is 0.315 e. The van der Waals surface area contributed by atoms with Crippen LogP contribution in [0.1, 0.15) is 46.0 Å². The standard InChI is InChI=1S/C14H30N4O2/c1-3-4-5-6-7-17-14(19)18-12-8-11(16)13(9-15)20-10(12)2/h10-13H,3-9,15-16H2,1-2H3,(H2,17,18,19)/t10?,11?,12-,13-/m1/s1. The lowest BCUT2D eigenvalue weighted by molar-refractivity contribution is -0.0624. The highest BCUT2D eigenvalue weighted by Gasteiger charge is 2.33. The van der Waals surface area contributed by atoms with Crippen molar-refractivity contribution in [1.29, 1.82) is 0 Å². The van der Waals surface area contributed by atoms with Crippen LogP contribution in [0.5, 0.6) is 0 Å². The third kappa shape index (κ3) is 5.64. The van der Waals surface area contributed by atoms with Crippen molar-refractivity contribution in [3.05, 3.63) is 0 Å². The molecule has 1 aliphatic rings. The van der Waals surface area contributed by atoms with Gasteiger partial charge in [0.25, 0.3) is 0 Å². The summed E-state index contributed by atoms with van der Waals surface area (Å²) in [5.41, 5.74) is 11.6. The Balaban J connectivity index is 2.24. The van der Waals surface area contributed by atoms with E-state index in [0.29, 0.717) is 19.5 Å². The van der Waals surface area contributed by atoms with Crippen molar-refractivity contribution in [3.8, 4) is 0 Å². The van der Waals surface area contributed by atoms with Crippen molar-refractivity contribution in [2.45, 2.75) is 70.2 Å². The number of carbonyl (C=O) groups excluding carboxylic acids is 1. The van der Waals surface area contributed by atoms with Gasteiger partial charge in [-0.2, -0.15) is 0 Å². The van der Waals surface area contributed by atoms with Crippen LogP contribution in [0, 0.1) is 0 Å². The zero-order valence-electron chi connectivity index (χ0n) is 12.7. The number of hydrogen-bond donors (Lipinski definition) is 4. The number of nitrogens with one attached hydrogen (secondary N) is 2. The van der Waals surface area contributed by atoms with Gasteiger partial charge in [0.2, 0.25) is 0 Å². The first-order valence-electron chi connectivity index (χ1n) is 7.74. The number of hydrogen-bond acceptors (Lipinski definition) is 4. The second kappa shape index (κ2) is 9.15. The lowest BCUT2D eigenvalue weighted by Gasteiger charge is -2.38. The fraction of sp³-hybridized carbons (Fsp3) is 0.929. The van der Waals surface area contributed by atoms with Gasteiger partial charge in [0.15, 0.2) is 0 Å². The first-order chi connectivity index (χ1) is 9.58. The van der Waals surface area contributed by atoms with E-state index in [-0.39, 0.29) is 30.3 Å². The van der Waals surface area contributed by atoms with E-state index in [0.717, 1.165) is 12.8 Å². The van der Waals surface area contributed by atoms with Crippen LogP contribution < -0.4 is 22.1 Å². The monoisotopic (exact) mass is 286 g/mol. The molecule has 6 nitrogen and oxygen atoms in total. The SMILES string of the molecule is CCCCCCNC(=O)N[C@@H]1CC(N)[C@@H](CN)OC1C. The van der Waals surface area contributed by atoms with Crippen LogP contribution in [0.15, 0.2) is 0 Å². The smallest absolute Gasteiger partial charge is 0.315 e. The molecule has 118 valence electrons. The zero-order valence-corrected chi connectivity index (χ0v) is 12.7. The second-order valence-corrected chi connectivity index (χ2v) is 5.58. The molecular formula is C14H30N4O2. The topological polar surface area (TPSA) is 102 Å². The molecule has 0 spiro atoms. The predicted molar refractivity (Wildman–Crippen MR) is 80.4 cm³/mol. The van der Waals surface area contributed by atoms with Crippen LogP contribution in [0.3, 0.4) is 0 Å². The summed E-state index contributed by atoms with van der Waals surface area (Å²) in [5, 5.41) is 5.82. The van der Waals surface area contributed by atoms with Crippen LogP contribution in [-0.4, -0.2) is 43.4 Å². The van der Waals surface area contributed by atoms with Gasteiger partial charge >= 0.3 is 6.03 Å². The Kier molecular flexibility index (Phi) is 7.87. The molecule has 0 aromatic heterocycles. The molecule has 0 bridgehead atoms. The number of amides is 2. The van der Waals surface area contributed by atoms with Crippen LogP contribution in [0.4, 0.5) is 4.79 Å². The average Bonchev–Trinajstić information content (AvgIpc) is 2.42. The fourth-order valence-electron chi connectivity index (χ4n) is 2.49. The predicted octanol–water partition coefficient (Wildman–Crippen LogP) is 0.698. The van der Waals surface area contributed by atoms with Crippen molar-refractivity contribution in [2.24, 2.45) is 11.5 Å². The Morgan fingerprint density at radius 3 is 2.75 bits per heavy atom. The number of urea groups is 1. The quantitative estimate of drug-likeness (QED) is 0.517. The Morgan fingerprint density at radius 2 is 2.10 bits per heavy atom. The van der Waals surface area contributed by atoms with Crippen molar-refractivity contribution >= 4 is 6.03 Å². The van der Waals surface area contributed by atoms with Gasteiger partial charge in [-0.3, -0.25) is 0 Å². The minimum absolute atomic E-state index is 0.0524. The van der Waals surface area contributed by atoms with Crippen LogP contribution in [0.2, 0.25) is 0 Å². The van der Waals surface area contributed by atoms with Crippen molar-refractivity contribution in [1.82, 2.24) is 10.6 Å². The van der Waals surface area contributed by atoms with Gasteiger partial charge in [0.1, 0.15) is 0 Å². The van der Waals surface area contributed by atoms with E-state index in [1.54, 1.807) is 0 Å². The summed E-state index contributed by atoms with van der Waals surface area (Å²) < 4.78 is 5.73. The summed E-state index contributed by atoms with van der Waals surface area (Å²) in [6.07, 6.45) is 5.12. The van der Waals surface area contributed by atoms with Gasteiger partial charge in [-0.05, 0) is 19.8 Å². The first-order valence-corrected chi connectivity index (χ1v) is 7.74. The number of carbonyl (C=O) groups is 1. The molecular weight excluding hydrogens is 256 g/mol. The third-order valence-electron chi connectivity index (χ3n) is 3.82. The zero-order chi connectivity index (χ0) is 15.0. The summed E-state index contributed by atoms with van der Waals surface area (Å²) >= 11 is 0. The van der Waals surface area contributed by atoms with Gasteiger partial charge in [-0.15, -0.1) is 0 Å². The fourth-order valence-corrected chi connectivity index (χ4v) is 2.49. The number of nitrogens with two attached hydrogens (primary N) is 2. The highest BCUT2D eigenvalue weighted by atomic mass is 16.5. The second-order valence-electron chi connectivity index (χ2n) is 5.58. The molecule has 4 atom stereocenters. The van der Waals surface area contributed by atoms with Gasteiger partial charge in [0, 0.05) is 19.1 Å². The van der Waals surface area contributed by atoms with E-state index in [9.17, 15) is 4.79 Å². The number of rotatable bonds is 7. The van der Waals surface area contributed by atoms with Gasteiger partial charge in [-0.25, -0.2) is 4.79 Å². The molecule has 2 amide bonds. The Morgan fingerprint density at radius 1 is 1.35 bits per heavy atom. The Bertz CT molecular complexity index is 288. The van der Waals surface area contributed by atoms with Crippen LogP contribution in [-0.2, 0) is 4.74 Å². The van der Waals surface area contributed by atoms with E-state index in [2.05, 4.69) is 17.6 Å². The Hall–Kier alpha value is -0.850. The van der Waals surface area contributed by atoms with Crippen molar-refractivity contribution in [3.63, 3.8) is 0 Å². The Labute approximate surface area is 122 Å². The minimum atomic E-state index is -0.139. The van der Waals surface area contributed by atoms with Gasteiger partial charge in [0.05, 0.1) is 18.2 Å². The molecule has 0 radical (unpaired) electrons. The summed E-state index contributed by atoms with van der Waals surface area (Å²) in [4.78, 5) is 11.8.